The number of anilines is 2. The summed E-state index contributed by atoms with van der Waals surface area (Å²) in [6.07, 6.45) is 17.6. The van der Waals surface area contributed by atoms with Gasteiger partial charge in [-0.15, -0.1) is 10.2 Å². The summed E-state index contributed by atoms with van der Waals surface area (Å²) in [5, 5.41) is 14.5. The Hall–Kier alpha value is -3.45. The molecule has 1 saturated carbocycles. The standard InChI is InChI=1S/C34H43N7/c35-33-37-34(40-41(33)31-22-28-13-8-12-26-11-6-7-14-30(26)32(28)39-38-31)36-29-20-19-25-16-15-24(17-18-27(25)21-29)23-9-4-2-1-3-5-10-23/h6-7,11,14,19-24,33H,1-5,8-10,12-13,15-18,35H2,(H2,36,37,40). The molecule has 4 aliphatic rings. The second kappa shape index (κ2) is 11.8. The van der Waals surface area contributed by atoms with Crippen LogP contribution in [0.5, 0.6) is 0 Å². The molecule has 41 heavy (non-hydrogen) atoms. The van der Waals surface area contributed by atoms with Gasteiger partial charge in [0.25, 0.3) is 0 Å². The van der Waals surface area contributed by atoms with Gasteiger partial charge in [0.1, 0.15) is 0 Å². The fourth-order valence-electron chi connectivity index (χ4n) is 7.62. The largest absolute Gasteiger partial charge is 0.325 e. The van der Waals surface area contributed by atoms with Crippen LogP contribution >= 0.6 is 0 Å². The fraction of sp³-hybridized carbons (Fsp3) is 0.500. The molecule has 1 fully saturated rings. The summed E-state index contributed by atoms with van der Waals surface area (Å²) < 4.78 is 0. The average Bonchev–Trinajstić information content (AvgIpc) is 3.11. The van der Waals surface area contributed by atoms with E-state index in [0.29, 0.717) is 11.8 Å². The van der Waals surface area contributed by atoms with Crippen molar-refractivity contribution in [2.75, 3.05) is 10.3 Å². The molecule has 7 heteroatoms. The maximum atomic E-state index is 6.45. The molecule has 1 aromatic heterocycles. The van der Waals surface area contributed by atoms with E-state index in [-0.39, 0.29) is 0 Å². The van der Waals surface area contributed by atoms with Gasteiger partial charge in [-0.1, -0.05) is 75.3 Å². The lowest BCUT2D eigenvalue weighted by Gasteiger charge is -2.28. The zero-order chi connectivity index (χ0) is 27.6. The summed E-state index contributed by atoms with van der Waals surface area (Å²) in [4.78, 5) is 4.66. The minimum atomic E-state index is -0.576. The van der Waals surface area contributed by atoms with E-state index >= 15 is 0 Å². The lowest BCUT2D eigenvalue weighted by Crippen LogP contribution is -2.47. The van der Waals surface area contributed by atoms with E-state index in [1.54, 1.807) is 5.01 Å². The van der Waals surface area contributed by atoms with Gasteiger partial charge < -0.3 is 5.32 Å². The predicted molar refractivity (Wildman–Crippen MR) is 167 cm³/mol. The van der Waals surface area contributed by atoms with Crippen molar-refractivity contribution < 1.29 is 0 Å². The topological polar surface area (TPSA) is 91.5 Å². The SMILES string of the molecule is NC1N=C(Nc2ccc3c(c2)CCC(C2CCCCCCC2)CC3)NN1c1cc2c(nn1)-c1ccccc1CCC2. The van der Waals surface area contributed by atoms with Gasteiger partial charge in [-0.25, -0.2) is 10.0 Å². The number of nitrogens with one attached hydrogen (secondary N) is 2. The predicted octanol–water partition coefficient (Wildman–Crippen LogP) is 6.52. The zero-order valence-corrected chi connectivity index (χ0v) is 24.1. The molecule has 0 radical (unpaired) electrons. The van der Waals surface area contributed by atoms with Crippen molar-refractivity contribution in [3.05, 3.63) is 70.8 Å². The van der Waals surface area contributed by atoms with E-state index < -0.39 is 6.29 Å². The van der Waals surface area contributed by atoms with E-state index in [4.69, 9.17) is 5.73 Å². The summed E-state index contributed by atoms with van der Waals surface area (Å²) in [5.41, 5.74) is 18.6. The van der Waals surface area contributed by atoms with Crippen molar-refractivity contribution in [2.45, 2.75) is 96.2 Å². The van der Waals surface area contributed by atoms with Gasteiger partial charge in [0.2, 0.25) is 5.96 Å². The highest BCUT2D eigenvalue weighted by atomic mass is 15.7. The molecule has 2 unspecified atom stereocenters. The van der Waals surface area contributed by atoms with E-state index in [0.717, 1.165) is 42.5 Å². The van der Waals surface area contributed by atoms with E-state index in [1.165, 1.54) is 98.4 Å². The smallest absolute Gasteiger partial charge is 0.218 e. The summed E-state index contributed by atoms with van der Waals surface area (Å²) in [7, 11) is 0. The molecule has 2 aromatic carbocycles. The van der Waals surface area contributed by atoms with Crippen LogP contribution in [0.2, 0.25) is 0 Å². The zero-order valence-electron chi connectivity index (χ0n) is 24.1. The van der Waals surface area contributed by atoms with Crippen molar-refractivity contribution in [1.82, 2.24) is 15.6 Å². The van der Waals surface area contributed by atoms with E-state index in [2.05, 4.69) is 74.5 Å². The van der Waals surface area contributed by atoms with Crippen molar-refractivity contribution in [2.24, 2.45) is 22.6 Å². The van der Waals surface area contributed by atoms with Crippen molar-refractivity contribution in [3.63, 3.8) is 0 Å². The molecule has 0 saturated heterocycles. The number of hydrogen-bond acceptors (Lipinski definition) is 7. The Bertz CT molecular complexity index is 1410. The Labute approximate surface area is 244 Å². The van der Waals surface area contributed by atoms with Gasteiger partial charge in [0, 0.05) is 11.3 Å². The van der Waals surface area contributed by atoms with Crippen LogP contribution < -0.4 is 21.5 Å². The van der Waals surface area contributed by atoms with Crippen LogP contribution in [0, 0.1) is 11.8 Å². The third kappa shape index (κ3) is 5.69. The average molecular weight is 550 g/mol. The minimum absolute atomic E-state index is 0.576. The lowest BCUT2D eigenvalue weighted by atomic mass is 9.78. The molecule has 4 N–H and O–H groups in total. The number of hydrogen-bond donors (Lipinski definition) is 3. The normalized spacial score (nSPS) is 23.0. The number of nitrogens with two attached hydrogens (primary N) is 1. The van der Waals surface area contributed by atoms with Gasteiger partial charge in [0.15, 0.2) is 12.1 Å². The van der Waals surface area contributed by atoms with Gasteiger partial charge >= 0.3 is 0 Å². The van der Waals surface area contributed by atoms with Crippen LogP contribution in [-0.2, 0) is 25.7 Å². The third-order valence-electron chi connectivity index (χ3n) is 9.88. The van der Waals surface area contributed by atoms with Crippen molar-refractivity contribution >= 4 is 17.5 Å². The van der Waals surface area contributed by atoms with Crippen LogP contribution in [0.3, 0.4) is 0 Å². The first-order chi connectivity index (χ1) is 20.2. The molecule has 3 aliphatic carbocycles. The van der Waals surface area contributed by atoms with Crippen LogP contribution in [0.25, 0.3) is 11.3 Å². The number of nitrogens with zero attached hydrogens (tertiary/aromatic N) is 4. The quantitative estimate of drug-likeness (QED) is 0.322. The van der Waals surface area contributed by atoms with Gasteiger partial charge in [-0.2, -0.15) is 0 Å². The summed E-state index contributed by atoms with van der Waals surface area (Å²) >= 11 is 0. The Morgan fingerprint density at radius 1 is 0.707 bits per heavy atom. The summed E-state index contributed by atoms with van der Waals surface area (Å²) in [6.45, 7) is 0. The van der Waals surface area contributed by atoms with Crippen LogP contribution in [0.1, 0.15) is 86.5 Å². The molecule has 0 bridgehead atoms. The molecule has 0 amide bonds. The summed E-state index contributed by atoms with van der Waals surface area (Å²) in [6, 6.07) is 17.5. The molecule has 7 rings (SSSR count). The minimum Gasteiger partial charge on any atom is -0.325 e. The molecule has 7 nitrogen and oxygen atoms in total. The Morgan fingerprint density at radius 3 is 2.34 bits per heavy atom. The highest BCUT2D eigenvalue weighted by molar-refractivity contribution is 5.96. The maximum Gasteiger partial charge on any atom is 0.218 e. The number of guanidine groups is 1. The second-order valence-corrected chi connectivity index (χ2v) is 12.5. The Kier molecular flexibility index (Phi) is 7.62. The number of benzene rings is 2. The summed E-state index contributed by atoms with van der Waals surface area (Å²) in [5.74, 6) is 3.14. The van der Waals surface area contributed by atoms with E-state index in [1.807, 2.05) is 0 Å². The number of rotatable bonds is 3. The molecular weight excluding hydrogens is 506 g/mol. The number of hydrazine groups is 1. The number of aromatic nitrogens is 2. The third-order valence-corrected chi connectivity index (χ3v) is 9.88. The fourth-order valence-corrected chi connectivity index (χ4v) is 7.62. The first-order valence-corrected chi connectivity index (χ1v) is 15.9. The van der Waals surface area contributed by atoms with Crippen LogP contribution in [0.4, 0.5) is 11.5 Å². The monoisotopic (exact) mass is 549 g/mol. The molecule has 214 valence electrons. The highest BCUT2D eigenvalue weighted by Gasteiger charge is 2.28. The van der Waals surface area contributed by atoms with Crippen LogP contribution in [0.15, 0.2) is 53.5 Å². The van der Waals surface area contributed by atoms with Crippen molar-refractivity contribution in [1.29, 1.82) is 0 Å². The van der Waals surface area contributed by atoms with Crippen molar-refractivity contribution in [3.8, 4) is 11.3 Å². The van der Waals surface area contributed by atoms with E-state index in [9.17, 15) is 0 Å². The molecule has 1 aliphatic heterocycles. The first kappa shape index (κ1) is 26.4. The van der Waals surface area contributed by atoms with Gasteiger partial charge in [-0.3, -0.25) is 11.2 Å². The second-order valence-electron chi connectivity index (χ2n) is 12.5. The molecular formula is C34H43N7. The Balaban J connectivity index is 1.02. The highest BCUT2D eigenvalue weighted by Crippen LogP contribution is 2.37. The maximum absolute atomic E-state index is 6.45. The van der Waals surface area contributed by atoms with Gasteiger partial charge in [-0.05, 0) is 97.2 Å². The molecule has 2 atom stereocenters. The van der Waals surface area contributed by atoms with Gasteiger partial charge in [0.05, 0.1) is 5.69 Å². The molecule has 2 heterocycles. The number of aryl methyl sites for hydroxylation is 4. The molecule has 3 aromatic rings. The molecule has 0 spiro atoms. The lowest BCUT2D eigenvalue weighted by molar-refractivity contribution is 0.243. The number of fused-ring (bicyclic) bond motifs is 4. The first-order valence-electron chi connectivity index (χ1n) is 15.9. The Morgan fingerprint density at radius 2 is 1.46 bits per heavy atom. The van der Waals surface area contributed by atoms with Crippen LogP contribution in [-0.4, -0.2) is 22.4 Å². The number of aliphatic imine (C=N–C) groups is 1.